The molecular formula is C9H19F. The molecule has 0 aliphatic heterocycles. The van der Waals surface area contributed by atoms with Crippen molar-refractivity contribution in [1.82, 2.24) is 0 Å². The first-order valence-corrected chi connectivity index (χ1v) is 4.25. The molecule has 0 heterocycles. The van der Waals surface area contributed by atoms with Crippen molar-refractivity contribution in [3.05, 3.63) is 0 Å². The summed E-state index contributed by atoms with van der Waals surface area (Å²) in [7, 11) is 0. The molecule has 0 unspecified atom stereocenters. The minimum absolute atomic E-state index is 0.715. The van der Waals surface area contributed by atoms with Crippen molar-refractivity contribution < 1.29 is 4.39 Å². The Morgan fingerprint density at radius 1 is 1.10 bits per heavy atom. The average Bonchev–Trinajstić information content (AvgIpc) is 1.78. The first-order valence-electron chi connectivity index (χ1n) is 4.25. The van der Waals surface area contributed by atoms with Gasteiger partial charge in [-0.3, -0.25) is 0 Å². The predicted octanol–water partition coefficient (Wildman–Crippen LogP) is 3.70. The molecule has 0 nitrogen and oxygen atoms in total. The van der Waals surface area contributed by atoms with Crippen LogP contribution < -0.4 is 0 Å². The summed E-state index contributed by atoms with van der Waals surface area (Å²) in [5.41, 5.74) is -0.951. The first-order chi connectivity index (χ1) is 4.56. The summed E-state index contributed by atoms with van der Waals surface area (Å²) >= 11 is 0. The van der Waals surface area contributed by atoms with Gasteiger partial charge in [0.05, 0.1) is 0 Å². The van der Waals surface area contributed by atoms with Crippen LogP contribution in [0, 0.1) is 0 Å². The van der Waals surface area contributed by atoms with Crippen LogP contribution in [0.3, 0.4) is 0 Å². The lowest BCUT2D eigenvalue weighted by Crippen LogP contribution is -2.10. The molecule has 1 heteroatoms. The van der Waals surface area contributed by atoms with Crippen molar-refractivity contribution in [2.75, 3.05) is 0 Å². The summed E-state index contributed by atoms with van der Waals surface area (Å²) in [6.07, 6.45) is 5.41. The molecule has 0 aliphatic carbocycles. The van der Waals surface area contributed by atoms with E-state index in [2.05, 4.69) is 6.92 Å². The Bertz CT molecular complexity index is 71.3. The lowest BCUT2D eigenvalue weighted by atomic mass is 10.0. The van der Waals surface area contributed by atoms with Gasteiger partial charge in [0.15, 0.2) is 0 Å². The molecule has 0 bridgehead atoms. The first kappa shape index (κ1) is 9.93. The summed E-state index contributed by atoms with van der Waals surface area (Å²) in [4.78, 5) is 0. The Morgan fingerprint density at radius 3 is 2.10 bits per heavy atom. The summed E-state index contributed by atoms with van der Waals surface area (Å²) in [5.74, 6) is 0. The van der Waals surface area contributed by atoms with Gasteiger partial charge in [-0.15, -0.1) is 0 Å². The van der Waals surface area contributed by atoms with Gasteiger partial charge in [0.1, 0.15) is 5.67 Å². The zero-order valence-corrected chi connectivity index (χ0v) is 7.41. The standard InChI is InChI=1S/C9H19F/c1-4-5-6-7-8-9(2,3)10/h4-8H2,1-3H3. The monoisotopic (exact) mass is 146 g/mol. The molecule has 0 aromatic heterocycles. The third-order valence-electron chi connectivity index (χ3n) is 1.62. The molecular weight excluding hydrogens is 127 g/mol. The number of halogens is 1. The smallest absolute Gasteiger partial charge is 0.105 e. The maximum absolute atomic E-state index is 12.8. The Morgan fingerprint density at radius 2 is 1.70 bits per heavy atom. The molecule has 0 aromatic rings. The van der Waals surface area contributed by atoms with E-state index < -0.39 is 5.67 Å². The lowest BCUT2D eigenvalue weighted by molar-refractivity contribution is 0.195. The van der Waals surface area contributed by atoms with Crippen LogP contribution in [0.5, 0.6) is 0 Å². The largest absolute Gasteiger partial charge is 0.245 e. The molecule has 0 fully saturated rings. The fourth-order valence-electron chi connectivity index (χ4n) is 0.972. The van der Waals surface area contributed by atoms with Crippen LogP contribution >= 0.6 is 0 Å². The van der Waals surface area contributed by atoms with Gasteiger partial charge in [0.2, 0.25) is 0 Å². The number of rotatable bonds is 5. The van der Waals surface area contributed by atoms with Crippen LogP contribution in [-0.4, -0.2) is 5.67 Å². The third-order valence-corrected chi connectivity index (χ3v) is 1.62. The predicted molar refractivity (Wildman–Crippen MR) is 43.9 cm³/mol. The molecule has 0 atom stereocenters. The van der Waals surface area contributed by atoms with Gasteiger partial charge < -0.3 is 0 Å². The van der Waals surface area contributed by atoms with Crippen LogP contribution in [0.4, 0.5) is 4.39 Å². The number of unbranched alkanes of at least 4 members (excludes halogenated alkanes) is 3. The summed E-state index contributed by atoms with van der Waals surface area (Å²) in [6, 6.07) is 0. The van der Waals surface area contributed by atoms with Crippen molar-refractivity contribution in [1.29, 1.82) is 0 Å². The van der Waals surface area contributed by atoms with Crippen molar-refractivity contribution in [2.24, 2.45) is 0 Å². The third kappa shape index (κ3) is 7.93. The molecule has 0 aliphatic rings. The molecule has 0 amide bonds. The van der Waals surface area contributed by atoms with E-state index in [1.807, 2.05) is 0 Å². The van der Waals surface area contributed by atoms with E-state index >= 15 is 0 Å². The van der Waals surface area contributed by atoms with E-state index in [9.17, 15) is 4.39 Å². The van der Waals surface area contributed by atoms with Crippen molar-refractivity contribution in [2.45, 2.75) is 58.5 Å². The second-order valence-corrected chi connectivity index (χ2v) is 3.53. The van der Waals surface area contributed by atoms with Crippen LogP contribution in [0.1, 0.15) is 52.9 Å². The summed E-state index contributed by atoms with van der Waals surface area (Å²) in [6.45, 7) is 5.47. The molecule has 0 saturated carbocycles. The zero-order valence-electron chi connectivity index (χ0n) is 7.41. The fraction of sp³-hybridized carbons (Fsp3) is 1.00. The van der Waals surface area contributed by atoms with Crippen LogP contribution in [0.15, 0.2) is 0 Å². The molecule has 0 N–H and O–H groups in total. The molecule has 0 aromatic carbocycles. The minimum atomic E-state index is -0.951. The highest BCUT2D eigenvalue weighted by Crippen LogP contribution is 2.17. The van der Waals surface area contributed by atoms with Gasteiger partial charge in [0.25, 0.3) is 0 Å². The van der Waals surface area contributed by atoms with Gasteiger partial charge in [-0.25, -0.2) is 4.39 Å². The second-order valence-electron chi connectivity index (χ2n) is 3.53. The Labute approximate surface area is 63.8 Å². The van der Waals surface area contributed by atoms with E-state index in [4.69, 9.17) is 0 Å². The molecule has 0 radical (unpaired) electrons. The average molecular weight is 146 g/mol. The van der Waals surface area contributed by atoms with E-state index in [1.54, 1.807) is 13.8 Å². The number of hydrogen-bond donors (Lipinski definition) is 0. The number of hydrogen-bond acceptors (Lipinski definition) is 0. The quantitative estimate of drug-likeness (QED) is 0.519. The summed E-state index contributed by atoms with van der Waals surface area (Å²) < 4.78 is 12.8. The van der Waals surface area contributed by atoms with E-state index in [0.29, 0.717) is 6.42 Å². The highest BCUT2D eigenvalue weighted by Gasteiger charge is 2.13. The molecule has 0 spiro atoms. The fourth-order valence-corrected chi connectivity index (χ4v) is 0.972. The van der Waals surface area contributed by atoms with Gasteiger partial charge in [-0.2, -0.15) is 0 Å². The maximum atomic E-state index is 12.8. The molecule has 62 valence electrons. The normalized spacial score (nSPS) is 12.0. The Kier molecular flexibility index (Phi) is 4.67. The zero-order chi connectivity index (χ0) is 8.04. The van der Waals surface area contributed by atoms with Crippen molar-refractivity contribution in [3.63, 3.8) is 0 Å². The van der Waals surface area contributed by atoms with Crippen LogP contribution in [0.25, 0.3) is 0 Å². The molecule has 10 heavy (non-hydrogen) atoms. The number of alkyl halides is 1. The van der Waals surface area contributed by atoms with Gasteiger partial charge >= 0.3 is 0 Å². The van der Waals surface area contributed by atoms with Crippen LogP contribution in [0.2, 0.25) is 0 Å². The lowest BCUT2D eigenvalue weighted by Gasteiger charge is -2.12. The SMILES string of the molecule is CCCCCCC(C)(C)F. The van der Waals surface area contributed by atoms with Crippen molar-refractivity contribution >= 4 is 0 Å². The van der Waals surface area contributed by atoms with E-state index in [0.717, 1.165) is 6.42 Å². The highest BCUT2D eigenvalue weighted by atomic mass is 19.1. The molecule has 0 saturated heterocycles. The second kappa shape index (κ2) is 4.70. The summed E-state index contributed by atoms with van der Waals surface area (Å²) in [5, 5.41) is 0. The van der Waals surface area contributed by atoms with Crippen LogP contribution in [-0.2, 0) is 0 Å². The van der Waals surface area contributed by atoms with Gasteiger partial charge in [-0.05, 0) is 20.3 Å². The van der Waals surface area contributed by atoms with E-state index in [1.165, 1.54) is 19.3 Å². The van der Waals surface area contributed by atoms with Gasteiger partial charge in [0, 0.05) is 0 Å². The highest BCUT2D eigenvalue weighted by molar-refractivity contribution is 4.64. The topological polar surface area (TPSA) is 0 Å². The van der Waals surface area contributed by atoms with Crippen molar-refractivity contribution in [3.8, 4) is 0 Å². The van der Waals surface area contributed by atoms with Gasteiger partial charge in [-0.1, -0.05) is 32.6 Å². The minimum Gasteiger partial charge on any atom is -0.245 e. The molecule has 0 rings (SSSR count). The Hall–Kier alpha value is -0.0700. The maximum Gasteiger partial charge on any atom is 0.105 e. The Balaban J connectivity index is 3.04. The van der Waals surface area contributed by atoms with E-state index in [-0.39, 0.29) is 0 Å².